The molecule has 0 unspecified atom stereocenters. The molecule has 0 aliphatic rings. The molecule has 0 aliphatic carbocycles. The Kier molecular flexibility index (Phi) is 8.60. The van der Waals surface area contributed by atoms with E-state index >= 15 is 0 Å². The third kappa shape index (κ3) is 6.63. The summed E-state index contributed by atoms with van der Waals surface area (Å²) in [4.78, 5) is 10.4. The topological polar surface area (TPSA) is 77.0 Å². The molecule has 1 amide bonds. The van der Waals surface area contributed by atoms with Crippen LogP contribution in [-0.2, 0) is 14.2 Å². The summed E-state index contributed by atoms with van der Waals surface area (Å²) < 4.78 is 63.6. The van der Waals surface area contributed by atoms with Crippen LogP contribution in [0.4, 0.5) is 17.6 Å². The Morgan fingerprint density at radius 1 is 1.08 bits per heavy atom. The molecule has 0 radical (unpaired) electrons. The number of halogens is 4. The number of amides is 1. The van der Waals surface area contributed by atoms with Crippen LogP contribution in [0, 0.1) is 23.3 Å². The van der Waals surface area contributed by atoms with E-state index in [1.807, 2.05) is 20.8 Å². The molecule has 0 fully saturated rings. The van der Waals surface area contributed by atoms with Crippen molar-refractivity contribution < 1.29 is 41.7 Å². The molecular formula is C15H19F4NO5S. The molecule has 0 aromatic heterocycles. The van der Waals surface area contributed by atoms with Gasteiger partial charge in [0.05, 0.1) is 18.6 Å². The summed E-state index contributed by atoms with van der Waals surface area (Å²) in [7, 11) is 0. The number of hydrogen-bond donors (Lipinski definition) is 2. The first-order valence-electron chi connectivity index (χ1n) is 7.53. The number of hydrogen-bond acceptors (Lipinski definition) is 6. The third-order valence-corrected chi connectivity index (χ3v) is 3.54. The molecule has 6 nitrogen and oxygen atoms in total. The van der Waals surface area contributed by atoms with Crippen molar-refractivity contribution in [3.63, 3.8) is 0 Å². The van der Waals surface area contributed by atoms with E-state index < -0.39 is 33.9 Å². The minimum atomic E-state index is -1.76. The molecule has 2 N–H and O–H groups in total. The lowest BCUT2D eigenvalue weighted by molar-refractivity contribution is -0.432. The molecule has 1 aromatic carbocycles. The standard InChI is InChI=1S/C15H19F4NO5S/c1-15(2,3)20-8(21)6-4-5-7-23-13-9(16)11(18)14(26-25-24-22)12(19)10(13)17/h22H,4-7H2,1-3H3,(H,20,21). The Labute approximate surface area is 151 Å². The fourth-order valence-corrected chi connectivity index (χ4v) is 2.31. The van der Waals surface area contributed by atoms with E-state index in [4.69, 9.17) is 9.99 Å². The highest BCUT2D eigenvalue weighted by atomic mass is 32.2. The Morgan fingerprint density at radius 3 is 2.15 bits per heavy atom. The lowest BCUT2D eigenvalue weighted by atomic mass is 10.1. The van der Waals surface area contributed by atoms with E-state index in [0.29, 0.717) is 6.42 Å². The van der Waals surface area contributed by atoms with Crippen LogP contribution in [0.1, 0.15) is 40.0 Å². The van der Waals surface area contributed by atoms with E-state index in [2.05, 4.69) is 14.7 Å². The quantitative estimate of drug-likeness (QED) is 0.162. The van der Waals surface area contributed by atoms with E-state index in [1.165, 1.54) is 0 Å². The predicted molar refractivity (Wildman–Crippen MR) is 84.2 cm³/mol. The first-order chi connectivity index (χ1) is 12.1. The van der Waals surface area contributed by atoms with Crippen LogP contribution >= 0.6 is 12.0 Å². The van der Waals surface area contributed by atoms with Gasteiger partial charge in [-0.15, -0.1) is 4.33 Å². The van der Waals surface area contributed by atoms with E-state index in [9.17, 15) is 22.4 Å². The Hall–Kier alpha value is -1.56. The second-order valence-corrected chi connectivity index (χ2v) is 6.95. The number of nitrogens with one attached hydrogen (secondary N) is 1. The SMILES string of the molecule is CC(C)(C)NC(=O)CCCCOc1c(F)c(F)c(SOOO)c(F)c1F. The van der Waals surface area contributed by atoms with Crippen molar-refractivity contribution in [3.8, 4) is 5.75 Å². The van der Waals surface area contributed by atoms with Crippen molar-refractivity contribution in [1.29, 1.82) is 0 Å². The molecule has 0 saturated carbocycles. The fraction of sp³-hybridized carbons (Fsp3) is 0.533. The molecule has 0 spiro atoms. The lowest BCUT2D eigenvalue weighted by Gasteiger charge is -2.20. The van der Waals surface area contributed by atoms with Crippen molar-refractivity contribution in [2.75, 3.05) is 6.61 Å². The number of unbranched alkanes of at least 4 members (excludes halogenated alkanes) is 1. The molecule has 1 rings (SSSR count). The van der Waals surface area contributed by atoms with Gasteiger partial charge in [-0.2, -0.15) is 8.78 Å². The van der Waals surface area contributed by atoms with E-state index in [0.717, 1.165) is 0 Å². The van der Waals surface area contributed by atoms with Crippen LogP contribution in [-0.4, -0.2) is 23.3 Å². The number of rotatable bonds is 9. The second kappa shape index (κ2) is 9.95. The zero-order valence-corrected chi connectivity index (χ0v) is 15.1. The Bertz CT molecular complexity index is 610. The van der Waals surface area contributed by atoms with Crippen LogP contribution in [0.25, 0.3) is 0 Å². The molecule has 1 aromatic rings. The average Bonchev–Trinajstić information content (AvgIpc) is 2.54. The van der Waals surface area contributed by atoms with Gasteiger partial charge in [-0.1, -0.05) is 5.04 Å². The number of carbonyl (C=O) groups excluding carboxylic acids is 1. The third-order valence-electron chi connectivity index (χ3n) is 2.89. The molecule has 0 aliphatic heterocycles. The van der Waals surface area contributed by atoms with Gasteiger partial charge in [-0.05, 0) is 33.6 Å². The normalized spacial score (nSPS) is 11.5. The van der Waals surface area contributed by atoms with Crippen molar-refractivity contribution in [2.24, 2.45) is 0 Å². The molecule has 0 bridgehead atoms. The van der Waals surface area contributed by atoms with Crippen molar-refractivity contribution in [3.05, 3.63) is 23.3 Å². The summed E-state index contributed by atoms with van der Waals surface area (Å²) in [6.45, 7) is 5.21. The monoisotopic (exact) mass is 401 g/mol. The minimum Gasteiger partial charge on any atom is -0.487 e. The molecule has 11 heteroatoms. The maximum Gasteiger partial charge on any atom is 0.220 e. The Balaban J connectivity index is 2.62. The van der Waals surface area contributed by atoms with E-state index in [1.54, 1.807) is 0 Å². The first-order valence-corrected chi connectivity index (χ1v) is 8.27. The highest BCUT2D eigenvalue weighted by Crippen LogP contribution is 2.35. The fourth-order valence-electron chi connectivity index (χ4n) is 1.88. The van der Waals surface area contributed by atoms with Gasteiger partial charge in [0, 0.05) is 12.0 Å². The van der Waals surface area contributed by atoms with Gasteiger partial charge < -0.3 is 10.1 Å². The number of carbonyl (C=O) groups is 1. The summed E-state index contributed by atoms with van der Waals surface area (Å²) >= 11 is -0.252. The van der Waals surface area contributed by atoms with Crippen LogP contribution < -0.4 is 10.1 Å². The number of benzene rings is 1. The molecular weight excluding hydrogens is 382 g/mol. The maximum absolute atomic E-state index is 13.8. The van der Waals surface area contributed by atoms with Crippen LogP contribution in [0.5, 0.6) is 5.75 Å². The minimum absolute atomic E-state index is 0.169. The number of ether oxygens (including phenoxy) is 1. The summed E-state index contributed by atoms with van der Waals surface area (Å²) in [6, 6.07) is 0. The maximum atomic E-state index is 13.8. The smallest absolute Gasteiger partial charge is 0.220 e. The van der Waals surface area contributed by atoms with Gasteiger partial charge in [0.1, 0.15) is 4.90 Å². The average molecular weight is 401 g/mol. The van der Waals surface area contributed by atoms with Gasteiger partial charge in [-0.25, -0.2) is 14.0 Å². The van der Waals surface area contributed by atoms with Crippen molar-refractivity contribution in [2.45, 2.75) is 50.5 Å². The van der Waals surface area contributed by atoms with E-state index in [-0.39, 0.29) is 42.9 Å². The molecule has 26 heavy (non-hydrogen) atoms. The van der Waals surface area contributed by atoms with Crippen molar-refractivity contribution in [1.82, 2.24) is 5.32 Å². The van der Waals surface area contributed by atoms with Gasteiger partial charge in [-0.3, -0.25) is 4.79 Å². The molecule has 0 saturated heterocycles. The highest BCUT2D eigenvalue weighted by molar-refractivity contribution is 7.94. The second-order valence-electron chi connectivity index (χ2n) is 6.24. The van der Waals surface area contributed by atoms with Crippen LogP contribution in [0.3, 0.4) is 0 Å². The summed E-state index contributed by atoms with van der Waals surface area (Å²) in [5.41, 5.74) is -0.376. The largest absolute Gasteiger partial charge is 0.487 e. The highest BCUT2D eigenvalue weighted by Gasteiger charge is 2.28. The summed E-state index contributed by atoms with van der Waals surface area (Å²) in [5, 5.41) is 13.8. The molecule has 148 valence electrons. The van der Waals surface area contributed by atoms with Crippen LogP contribution in [0.15, 0.2) is 4.90 Å². The van der Waals surface area contributed by atoms with Crippen LogP contribution in [0.2, 0.25) is 0 Å². The molecule has 0 heterocycles. The van der Waals surface area contributed by atoms with Gasteiger partial charge >= 0.3 is 0 Å². The lowest BCUT2D eigenvalue weighted by Crippen LogP contribution is -2.40. The zero-order valence-electron chi connectivity index (χ0n) is 14.3. The predicted octanol–water partition coefficient (Wildman–Crippen LogP) is 4.14. The van der Waals surface area contributed by atoms with Gasteiger partial charge in [0.15, 0.2) is 17.4 Å². The zero-order chi connectivity index (χ0) is 19.9. The molecule has 0 atom stereocenters. The van der Waals surface area contributed by atoms with Gasteiger partial charge in [0.2, 0.25) is 17.5 Å². The van der Waals surface area contributed by atoms with Gasteiger partial charge in [0.25, 0.3) is 0 Å². The summed E-state index contributed by atoms with van der Waals surface area (Å²) in [5.74, 6) is -8.43. The Morgan fingerprint density at radius 2 is 1.65 bits per heavy atom. The van der Waals surface area contributed by atoms with Crippen molar-refractivity contribution >= 4 is 17.9 Å². The first kappa shape index (κ1) is 22.5. The summed E-state index contributed by atoms with van der Waals surface area (Å²) in [6.07, 6.45) is 0.756.